The van der Waals surface area contributed by atoms with Crippen LogP contribution in [0.4, 0.5) is 26.3 Å². The Kier molecular flexibility index (Phi) is 6.46. The molecular formula is C31H26F6S2. The fourth-order valence-corrected chi connectivity index (χ4v) is 7.74. The van der Waals surface area contributed by atoms with Gasteiger partial charge in [-0.05, 0) is 63.8 Å². The quantitative estimate of drug-likeness (QED) is 0.212. The van der Waals surface area contributed by atoms with Crippen LogP contribution < -0.4 is 0 Å². The van der Waals surface area contributed by atoms with Gasteiger partial charge in [0.05, 0.1) is 0 Å². The number of benzene rings is 2. The molecule has 8 heteroatoms. The van der Waals surface area contributed by atoms with Gasteiger partial charge in [0.25, 0.3) is 0 Å². The number of halogens is 6. The average molecular weight is 577 g/mol. The van der Waals surface area contributed by atoms with Crippen LogP contribution in [-0.4, -0.2) is 17.8 Å². The zero-order chi connectivity index (χ0) is 28.7. The largest absolute Gasteiger partial charge is 0.380 e. The summed E-state index contributed by atoms with van der Waals surface area (Å²) in [6.07, 6.45) is 0. The summed E-state index contributed by atoms with van der Waals surface area (Å²) in [5, 5.41) is 0. The van der Waals surface area contributed by atoms with Crippen molar-refractivity contribution in [2.24, 2.45) is 0 Å². The van der Waals surface area contributed by atoms with Crippen molar-refractivity contribution in [3.05, 3.63) is 91.7 Å². The molecule has 1 aliphatic carbocycles. The molecule has 0 saturated heterocycles. The molecule has 0 nitrogen and oxygen atoms in total. The first-order chi connectivity index (χ1) is 18.1. The van der Waals surface area contributed by atoms with Crippen molar-refractivity contribution in [1.29, 1.82) is 0 Å². The van der Waals surface area contributed by atoms with E-state index >= 15 is 26.3 Å². The Labute approximate surface area is 231 Å². The van der Waals surface area contributed by atoms with E-state index in [1.807, 2.05) is 62.4 Å². The summed E-state index contributed by atoms with van der Waals surface area (Å²) >= 11 is 2.28. The topological polar surface area (TPSA) is 0 Å². The number of aryl methyl sites for hydroxylation is 4. The predicted octanol–water partition coefficient (Wildman–Crippen LogP) is 10.8. The van der Waals surface area contributed by atoms with Gasteiger partial charge in [0, 0.05) is 41.8 Å². The lowest BCUT2D eigenvalue weighted by Gasteiger charge is -2.26. The lowest BCUT2D eigenvalue weighted by Crippen LogP contribution is -2.49. The number of alkyl halides is 6. The third-order valence-electron chi connectivity index (χ3n) is 7.44. The molecule has 0 bridgehead atoms. The summed E-state index contributed by atoms with van der Waals surface area (Å²) in [4.78, 5) is 1.74. The molecule has 0 saturated carbocycles. The summed E-state index contributed by atoms with van der Waals surface area (Å²) in [5.41, 5.74) is 0.964. The van der Waals surface area contributed by atoms with Gasteiger partial charge >= 0.3 is 17.8 Å². The Hall–Kier alpha value is -2.84. The van der Waals surface area contributed by atoms with Crippen molar-refractivity contribution in [2.45, 2.75) is 59.3 Å². The predicted molar refractivity (Wildman–Crippen MR) is 150 cm³/mol. The van der Waals surface area contributed by atoms with Gasteiger partial charge < -0.3 is 0 Å². The molecule has 0 amide bonds. The Morgan fingerprint density at radius 3 is 1.10 bits per heavy atom. The summed E-state index contributed by atoms with van der Waals surface area (Å²) in [7, 11) is 0. The van der Waals surface area contributed by atoms with Crippen molar-refractivity contribution in [2.75, 3.05) is 0 Å². The van der Waals surface area contributed by atoms with Crippen molar-refractivity contribution in [3.8, 4) is 20.9 Å². The van der Waals surface area contributed by atoms with Crippen LogP contribution in [0.25, 0.3) is 32.0 Å². The van der Waals surface area contributed by atoms with Gasteiger partial charge in [0.1, 0.15) is 0 Å². The first-order valence-corrected chi connectivity index (χ1v) is 14.0. The maximum atomic E-state index is 15.7. The molecule has 0 fully saturated rings. The standard InChI is InChI=1S/C31H26F6S2/c1-15-7-11-21(12-8-15)27-17(3)23(19(5)38-27)25-26(30(34,35)31(36,37)29(25,32)33)24-18(4)28(39-20(24)6)22-13-9-16(2)10-14-22/h7-14H,1-6H3. The lowest BCUT2D eigenvalue weighted by atomic mass is 9.89. The molecule has 0 spiro atoms. The van der Waals surface area contributed by atoms with Crippen LogP contribution in [0.3, 0.4) is 0 Å². The third-order valence-corrected chi connectivity index (χ3v) is 9.95. The first-order valence-electron chi connectivity index (χ1n) is 12.3. The molecule has 2 aromatic heterocycles. The minimum atomic E-state index is -5.60. The van der Waals surface area contributed by atoms with Crippen molar-refractivity contribution in [3.63, 3.8) is 0 Å². The van der Waals surface area contributed by atoms with Crippen LogP contribution >= 0.6 is 22.7 Å². The molecular weight excluding hydrogens is 550 g/mol. The molecule has 0 radical (unpaired) electrons. The van der Waals surface area contributed by atoms with E-state index in [1.54, 1.807) is 0 Å². The van der Waals surface area contributed by atoms with Crippen LogP contribution in [0.1, 0.15) is 43.1 Å². The molecule has 0 unspecified atom stereocenters. The number of hydrogen-bond acceptors (Lipinski definition) is 2. The van der Waals surface area contributed by atoms with E-state index in [1.165, 1.54) is 27.7 Å². The number of thiophene rings is 2. The molecule has 39 heavy (non-hydrogen) atoms. The van der Waals surface area contributed by atoms with Crippen molar-refractivity contribution < 1.29 is 26.3 Å². The summed E-state index contributed by atoms with van der Waals surface area (Å²) in [6.45, 7) is 9.91. The van der Waals surface area contributed by atoms with Gasteiger partial charge in [0.15, 0.2) is 0 Å². The smallest absolute Gasteiger partial charge is 0.194 e. The monoisotopic (exact) mass is 576 g/mol. The fraction of sp³-hybridized carbons (Fsp3) is 0.290. The molecule has 0 N–H and O–H groups in total. The van der Waals surface area contributed by atoms with Crippen molar-refractivity contribution in [1.82, 2.24) is 0 Å². The van der Waals surface area contributed by atoms with E-state index in [0.717, 1.165) is 33.8 Å². The van der Waals surface area contributed by atoms with E-state index in [9.17, 15) is 0 Å². The Bertz CT molecular complexity index is 1500. The van der Waals surface area contributed by atoms with E-state index < -0.39 is 28.9 Å². The number of rotatable bonds is 4. The minimum Gasteiger partial charge on any atom is -0.194 e. The highest BCUT2D eigenvalue weighted by atomic mass is 32.1. The van der Waals surface area contributed by atoms with Gasteiger partial charge in [-0.1, -0.05) is 59.7 Å². The van der Waals surface area contributed by atoms with Crippen LogP contribution in [0.15, 0.2) is 48.5 Å². The Balaban J connectivity index is 1.84. The fourth-order valence-electron chi connectivity index (χ4n) is 5.39. The number of allylic oxidation sites excluding steroid dienone is 2. The van der Waals surface area contributed by atoms with E-state index in [-0.39, 0.29) is 32.0 Å². The molecule has 0 aliphatic heterocycles. The summed E-state index contributed by atoms with van der Waals surface area (Å²) in [5.74, 6) is -15.8. The van der Waals surface area contributed by atoms with Crippen LogP contribution in [0.5, 0.6) is 0 Å². The zero-order valence-electron chi connectivity index (χ0n) is 22.2. The van der Waals surface area contributed by atoms with E-state index in [4.69, 9.17) is 0 Å². The van der Waals surface area contributed by atoms with Crippen LogP contribution in [0, 0.1) is 41.5 Å². The van der Waals surface area contributed by atoms with Crippen LogP contribution in [0.2, 0.25) is 0 Å². The average Bonchev–Trinajstić information content (AvgIpc) is 3.35. The van der Waals surface area contributed by atoms with Gasteiger partial charge in [-0.25, -0.2) is 0 Å². The molecule has 204 valence electrons. The first kappa shape index (κ1) is 27.7. The highest BCUT2D eigenvalue weighted by molar-refractivity contribution is 7.16. The normalized spacial score (nSPS) is 17.7. The molecule has 2 aromatic carbocycles. The van der Waals surface area contributed by atoms with Gasteiger partial charge in [0.2, 0.25) is 0 Å². The lowest BCUT2D eigenvalue weighted by molar-refractivity contribution is -0.254. The number of hydrogen-bond donors (Lipinski definition) is 0. The summed E-state index contributed by atoms with van der Waals surface area (Å²) in [6, 6.07) is 14.6. The molecule has 0 atom stereocenters. The maximum absolute atomic E-state index is 15.7. The Morgan fingerprint density at radius 2 is 0.795 bits per heavy atom. The molecule has 1 aliphatic rings. The molecule has 2 heterocycles. The second-order valence-electron chi connectivity index (χ2n) is 10.2. The van der Waals surface area contributed by atoms with Crippen molar-refractivity contribution >= 4 is 33.8 Å². The van der Waals surface area contributed by atoms with Gasteiger partial charge in [-0.15, -0.1) is 22.7 Å². The Morgan fingerprint density at radius 1 is 0.487 bits per heavy atom. The van der Waals surface area contributed by atoms with E-state index in [2.05, 4.69) is 0 Å². The van der Waals surface area contributed by atoms with E-state index in [0.29, 0.717) is 20.9 Å². The maximum Gasteiger partial charge on any atom is 0.380 e. The zero-order valence-corrected chi connectivity index (χ0v) is 23.8. The van der Waals surface area contributed by atoms with Crippen LogP contribution in [-0.2, 0) is 0 Å². The van der Waals surface area contributed by atoms with Gasteiger partial charge in [-0.2, -0.15) is 26.3 Å². The van der Waals surface area contributed by atoms with Gasteiger partial charge in [-0.3, -0.25) is 0 Å². The molecule has 5 rings (SSSR count). The second kappa shape index (κ2) is 9.10. The highest BCUT2D eigenvalue weighted by Crippen LogP contribution is 2.67. The second-order valence-corrected chi connectivity index (χ2v) is 12.6. The highest BCUT2D eigenvalue weighted by Gasteiger charge is 2.80. The molecule has 4 aromatic rings. The summed E-state index contributed by atoms with van der Waals surface area (Å²) < 4.78 is 93.0. The third kappa shape index (κ3) is 3.93. The SMILES string of the molecule is Cc1ccc(-c2sc(C)c(C3=C(c4c(C)sc(-c5ccc(C)cc5)c4C)C(F)(F)C(F)(F)C3(F)F)c2C)cc1. The minimum absolute atomic E-state index is 0.227.